The third-order valence-corrected chi connectivity index (χ3v) is 7.27. The highest BCUT2D eigenvalue weighted by Gasteiger charge is 2.54. The average molecular weight is 612 g/mol. The topological polar surface area (TPSA) is 190 Å². The van der Waals surface area contributed by atoms with Crippen LogP contribution in [0.15, 0.2) is 88.0 Å². The summed E-state index contributed by atoms with van der Waals surface area (Å²) in [5.74, 6) is 0.732. The molecule has 1 heterocycles. The molecule has 3 aromatic rings. The van der Waals surface area contributed by atoms with E-state index in [2.05, 4.69) is 30.9 Å². The van der Waals surface area contributed by atoms with Gasteiger partial charge in [-0.15, -0.1) is 0 Å². The third kappa shape index (κ3) is 8.31. The molecule has 1 aliphatic heterocycles. The van der Waals surface area contributed by atoms with Crippen LogP contribution in [0, 0.1) is 5.92 Å². The molecule has 13 nitrogen and oxygen atoms in total. The monoisotopic (exact) mass is 611 g/mol. The standard InChI is InChI=1S/C32H37N9O4/c1-22(2)19-35-39-31(43)32(18-24-8-3-4-9-25(24)20-36-40-33)29(28-11-6-5-10-26(28)21-37-41-34)45-30(38-32)23-12-14-27(15-13-23)44-17-7-16-42/h3-6,8-15,22,29,35,42H,7,16-21H2,1-2H3,(H,39,43)/t29-,32-/m0/s1. The Bertz CT molecular complexity index is 1580. The lowest BCUT2D eigenvalue weighted by molar-refractivity contribution is -0.130. The van der Waals surface area contributed by atoms with E-state index in [1.807, 2.05) is 62.4 Å². The zero-order chi connectivity index (χ0) is 32.1. The van der Waals surface area contributed by atoms with Gasteiger partial charge >= 0.3 is 0 Å². The first-order valence-corrected chi connectivity index (χ1v) is 14.7. The Morgan fingerprint density at radius 1 is 1.00 bits per heavy atom. The van der Waals surface area contributed by atoms with Crippen molar-refractivity contribution in [2.45, 2.75) is 51.4 Å². The molecule has 0 aliphatic carbocycles. The number of hydrogen-bond acceptors (Lipinski definition) is 8. The summed E-state index contributed by atoms with van der Waals surface area (Å²) in [4.78, 5) is 25.3. The number of hydrazine groups is 1. The molecule has 0 spiro atoms. The molecular weight excluding hydrogens is 574 g/mol. The SMILES string of the molecule is CC(C)CNNC(=O)[C@@]1(Cc2ccccc2CN=[N+]=[N-])N=C(c2ccc(OCCCO)cc2)O[C@H]1c1ccccc1CN=[N+]=[N-]. The minimum Gasteiger partial charge on any atom is -0.494 e. The number of nitrogens with one attached hydrogen (secondary N) is 2. The van der Waals surface area contributed by atoms with Crippen LogP contribution in [0.5, 0.6) is 5.75 Å². The largest absolute Gasteiger partial charge is 0.494 e. The highest BCUT2D eigenvalue weighted by Crippen LogP contribution is 2.44. The van der Waals surface area contributed by atoms with Crippen molar-refractivity contribution in [2.75, 3.05) is 19.8 Å². The van der Waals surface area contributed by atoms with Gasteiger partial charge in [-0.3, -0.25) is 10.2 Å². The lowest BCUT2D eigenvalue weighted by Gasteiger charge is -2.32. The van der Waals surface area contributed by atoms with Crippen molar-refractivity contribution in [1.29, 1.82) is 0 Å². The molecule has 0 unspecified atom stereocenters. The van der Waals surface area contributed by atoms with Crippen molar-refractivity contribution < 1.29 is 19.4 Å². The van der Waals surface area contributed by atoms with Crippen LogP contribution in [0.2, 0.25) is 0 Å². The van der Waals surface area contributed by atoms with Crippen molar-refractivity contribution in [1.82, 2.24) is 10.9 Å². The van der Waals surface area contributed by atoms with E-state index in [9.17, 15) is 4.79 Å². The van der Waals surface area contributed by atoms with Crippen LogP contribution in [0.4, 0.5) is 0 Å². The van der Waals surface area contributed by atoms with Crippen molar-refractivity contribution in [3.63, 3.8) is 0 Å². The Balaban J connectivity index is 1.86. The molecule has 0 saturated heterocycles. The molecule has 45 heavy (non-hydrogen) atoms. The van der Waals surface area contributed by atoms with Crippen LogP contribution < -0.4 is 15.6 Å². The van der Waals surface area contributed by atoms with Crippen LogP contribution in [0.3, 0.4) is 0 Å². The van der Waals surface area contributed by atoms with Gasteiger partial charge in [0, 0.05) is 41.4 Å². The first-order valence-electron chi connectivity index (χ1n) is 14.7. The number of carbonyl (C=O) groups is 1. The maximum Gasteiger partial charge on any atom is 0.266 e. The number of rotatable bonds is 16. The fourth-order valence-corrected chi connectivity index (χ4v) is 5.03. The summed E-state index contributed by atoms with van der Waals surface area (Å²) in [6.45, 7) is 5.15. The first kappa shape index (κ1) is 32.8. The Hall–Kier alpha value is -5.06. The highest BCUT2D eigenvalue weighted by atomic mass is 16.5. The van der Waals surface area contributed by atoms with Crippen molar-refractivity contribution in [2.24, 2.45) is 21.1 Å². The second kappa shape index (κ2) is 16.1. The normalized spacial score (nSPS) is 17.1. The van der Waals surface area contributed by atoms with E-state index >= 15 is 0 Å². The predicted octanol–water partition coefficient (Wildman–Crippen LogP) is 5.84. The van der Waals surface area contributed by atoms with Gasteiger partial charge in [0.1, 0.15) is 5.75 Å². The number of nitrogens with zero attached hydrogens (tertiary/aromatic N) is 7. The molecule has 13 heteroatoms. The maximum absolute atomic E-state index is 14.4. The van der Waals surface area contributed by atoms with Crippen molar-refractivity contribution in [3.05, 3.63) is 121 Å². The molecular formula is C32H37N9O4. The molecule has 234 valence electrons. The summed E-state index contributed by atoms with van der Waals surface area (Å²) in [5.41, 5.74) is 26.0. The predicted molar refractivity (Wildman–Crippen MR) is 170 cm³/mol. The fraction of sp³-hybridized carbons (Fsp3) is 0.375. The van der Waals surface area contributed by atoms with Crippen molar-refractivity contribution >= 4 is 11.8 Å². The molecule has 2 atom stereocenters. The minimum atomic E-state index is -1.52. The maximum atomic E-state index is 14.4. The molecule has 3 N–H and O–H groups in total. The van der Waals surface area contributed by atoms with Crippen molar-refractivity contribution in [3.8, 4) is 5.75 Å². The lowest BCUT2D eigenvalue weighted by Crippen LogP contribution is -2.54. The van der Waals surface area contributed by atoms with Gasteiger partial charge < -0.3 is 14.6 Å². The Kier molecular flexibility index (Phi) is 11.8. The highest BCUT2D eigenvalue weighted by molar-refractivity contribution is 6.01. The molecule has 0 saturated carbocycles. The van der Waals surface area contributed by atoms with Crippen LogP contribution in [-0.4, -0.2) is 42.2 Å². The first-order chi connectivity index (χ1) is 21.9. The quantitative estimate of drug-likeness (QED) is 0.0601. The van der Waals surface area contributed by atoms with Gasteiger partial charge in [-0.25, -0.2) is 10.4 Å². The number of hydrogen-bond donors (Lipinski definition) is 3. The summed E-state index contributed by atoms with van der Waals surface area (Å²) < 4.78 is 12.3. The Labute approximate surface area is 261 Å². The number of aliphatic hydroxyl groups excluding tert-OH is 1. The molecule has 1 aliphatic rings. The van der Waals surface area contributed by atoms with E-state index in [-0.39, 0.29) is 37.9 Å². The molecule has 0 fully saturated rings. The number of ether oxygens (including phenoxy) is 2. The Morgan fingerprint density at radius 3 is 2.31 bits per heavy atom. The van der Waals surface area contributed by atoms with E-state index in [0.29, 0.717) is 42.0 Å². The molecule has 1 amide bonds. The molecule has 0 bridgehead atoms. The number of aliphatic imine (C=N–C) groups is 1. The summed E-state index contributed by atoms with van der Waals surface area (Å²) in [6.07, 6.45) is -0.282. The van der Waals surface area contributed by atoms with Crippen LogP contribution in [0.25, 0.3) is 20.9 Å². The fourth-order valence-electron chi connectivity index (χ4n) is 5.03. The van der Waals surface area contributed by atoms with Gasteiger partial charge in [0.25, 0.3) is 5.91 Å². The van der Waals surface area contributed by atoms with Gasteiger partial charge in [0.15, 0.2) is 11.6 Å². The van der Waals surface area contributed by atoms with Crippen LogP contribution in [-0.2, 0) is 29.0 Å². The van der Waals surface area contributed by atoms with E-state index in [0.717, 1.165) is 11.1 Å². The summed E-state index contributed by atoms with van der Waals surface area (Å²) >= 11 is 0. The van der Waals surface area contributed by atoms with E-state index in [1.165, 1.54) is 0 Å². The number of azide groups is 2. The summed E-state index contributed by atoms with van der Waals surface area (Å²) in [7, 11) is 0. The third-order valence-electron chi connectivity index (χ3n) is 7.27. The number of benzene rings is 3. The molecule has 3 aromatic carbocycles. The zero-order valence-electron chi connectivity index (χ0n) is 25.3. The van der Waals surface area contributed by atoms with E-state index < -0.39 is 17.6 Å². The number of amides is 1. The Morgan fingerprint density at radius 2 is 1.64 bits per heavy atom. The minimum absolute atomic E-state index is 0.0352. The summed E-state index contributed by atoms with van der Waals surface area (Å²) in [6, 6.07) is 22.0. The molecule has 4 rings (SSSR count). The van der Waals surface area contributed by atoms with Gasteiger partial charge in [-0.05, 0) is 63.5 Å². The van der Waals surface area contributed by atoms with Crippen LogP contribution >= 0.6 is 0 Å². The summed E-state index contributed by atoms with van der Waals surface area (Å²) in [5, 5.41) is 16.6. The number of carbonyl (C=O) groups excluding carboxylic acids is 1. The van der Waals surface area contributed by atoms with E-state index in [1.54, 1.807) is 24.3 Å². The molecule has 0 aromatic heterocycles. The van der Waals surface area contributed by atoms with Gasteiger partial charge in [-0.2, -0.15) is 0 Å². The lowest BCUT2D eigenvalue weighted by atomic mass is 9.80. The van der Waals surface area contributed by atoms with E-state index in [4.69, 9.17) is 30.6 Å². The van der Waals surface area contributed by atoms with Gasteiger partial charge in [0.05, 0.1) is 19.7 Å². The number of aliphatic hydroxyl groups is 1. The molecule has 0 radical (unpaired) electrons. The van der Waals surface area contributed by atoms with Gasteiger partial charge in [-0.1, -0.05) is 72.6 Å². The second-order valence-electron chi connectivity index (χ2n) is 10.9. The second-order valence-corrected chi connectivity index (χ2v) is 10.9. The van der Waals surface area contributed by atoms with Gasteiger partial charge in [0.2, 0.25) is 5.90 Å². The zero-order valence-corrected chi connectivity index (χ0v) is 25.3. The average Bonchev–Trinajstić information content (AvgIpc) is 3.44. The van der Waals surface area contributed by atoms with Crippen LogP contribution in [0.1, 0.15) is 54.2 Å². The smallest absolute Gasteiger partial charge is 0.266 e.